The average molecular weight is 498 g/mol. The van der Waals surface area contributed by atoms with E-state index in [1.807, 2.05) is 17.5 Å². The highest BCUT2D eigenvalue weighted by molar-refractivity contribution is 7.09. The van der Waals surface area contributed by atoms with Crippen LogP contribution in [0, 0.1) is 11.6 Å². The molecule has 1 saturated carbocycles. The molecular formula is C27H29F2N3O2S. The van der Waals surface area contributed by atoms with E-state index < -0.39 is 11.8 Å². The number of urea groups is 1. The van der Waals surface area contributed by atoms with E-state index in [-0.39, 0.29) is 30.0 Å². The molecular weight excluding hydrogens is 468 g/mol. The number of anilines is 1. The zero-order chi connectivity index (χ0) is 24.6. The number of hydrogen-bond donors (Lipinski definition) is 1. The SMILES string of the molecule is O=C(CN(C(=O)Nc1ccccc1F)C1CCCCC1)N(Cc1ccc(F)cc1)Cc1cccs1. The largest absolute Gasteiger partial charge is 0.332 e. The van der Waals surface area contributed by atoms with E-state index in [1.54, 1.807) is 45.4 Å². The Labute approximate surface area is 208 Å². The van der Waals surface area contributed by atoms with E-state index in [1.165, 1.54) is 24.3 Å². The predicted octanol–water partition coefficient (Wildman–Crippen LogP) is 6.42. The third-order valence-corrected chi connectivity index (χ3v) is 7.12. The Balaban J connectivity index is 1.54. The van der Waals surface area contributed by atoms with Crippen molar-refractivity contribution in [1.82, 2.24) is 9.80 Å². The van der Waals surface area contributed by atoms with Crippen molar-refractivity contribution in [2.75, 3.05) is 11.9 Å². The fourth-order valence-corrected chi connectivity index (χ4v) is 5.11. The summed E-state index contributed by atoms with van der Waals surface area (Å²) >= 11 is 1.55. The quantitative estimate of drug-likeness (QED) is 0.390. The Kier molecular flexibility index (Phi) is 8.47. The van der Waals surface area contributed by atoms with Gasteiger partial charge in [0, 0.05) is 17.5 Å². The molecule has 0 spiro atoms. The first-order chi connectivity index (χ1) is 17.0. The standard InChI is InChI=1S/C27H29F2N3O2S/c28-21-14-12-20(13-15-21)17-31(18-23-9-6-16-35-23)26(33)19-32(22-7-2-1-3-8-22)27(34)30-25-11-5-4-10-24(25)29/h4-6,9-16,22H,1-3,7-8,17-19H2,(H,30,34). The minimum absolute atomic E-state index is 0.0890. The van der Waals surface area contributed by atoms with Crippen LogP contribution in [0.5, 0.6) is 0 Å². The van der Waals surface area contributed by atoms with Crippen LogP contribution in [0.4, 0.5) is 19.3 Å². The minimum atomic E-state index is -0.522. The van der Waals surface area contributed by atoms with Gasteiger partial charge in [0.15, 0.2) is 0 Å². The monoisotopic (exact) mass is 497 g/mol. The van der Waals surface area contributed by atoms with Gasteiger partial charge in [-0.25, -0.2) is 13.6 Å². The van der Waals surface area contributed by atoms with Gasteiger partial charge in [0.25, 0.3) is 0 Å². The average Bonchev–Trinajstić information content (AvgIpc) is 3.38. The molecule has 0 unspecified atom stereocenters. The van der Waals surface area contributed by atoms with Crippen molar-refractivity contribution in [3.8, 4) is 0 Å². The number of carbonyl (C=O) groups is 2. The summed E-state index contributed by atoms with van der Waals surface area (Å²) in [6.07, 6.45) is 4.68. The number of hydrogen-bond acceptors (Lipinski definition) is 3. The topological polar surface area (TPSA) is 52.7 Å². The summed E-state index contributed by atoms with van der Waals surface area (Å²) in [7, 11) is 0. The fraction of sp³-hybridized carbons (Fsp3) is 0.333. The zero-order valence-corrected chi connectivity index (χ0v) is 20.3. The molecule has 3 aromatic rings. The van der Waals surface area contributed by atoms with Crippen LogP contribution in [0.3, 0.4) is 0 Å². The van der Waals surface area contributed by atoms with Gasteiger partial charge < -0.3 is 15.1 Å². The van der Waals surface area contributed by atoms with Crippen molar-refractivity contribution in [2.24, 2.45) is 0 Å². The molecule has 1 N–H and O–H groups in total. The Morgan fingerprint density at radius 1 is 0.914 bits per heavy atom. The van der Waals surface area contributed by atoms with E-state index >= 15 is 0 Å². The highest BCUT2D eigenvalue weighted by Crippen LogP contribution is 2.25. The van der Waals surface area contributed by atoms with Gasteiger partial charge in [0.05, 0.1) is 12.2 Å². The van der Waals surface area contributed by atoms with Crippen LogP contribution in [-0.2, 0) is 17.9 Å². The molecule has 0 radical (unpaired) electrons. The lowest BCUT2D eigenvalue weighted by Gasteiger charge is -2.35. The molecule has 0 bridgehead atoms. The van der Waals surface area contributed by atoms with E-state index in [0.717, 1.165) is 42.5 Å². The van der Waals surface area contributed by atoms with Crippen LogP contribution in [0.25, 0.3) is 0 Å². The Hall–Kier alpha value is -3.26. The van der Waals surface area contributed by atoms with Crippen molar-refractivity contribution < 1.29 is 18.4 Å². The number of amides is 3. The fourth-order valence-electron chi connectivity index (χ4n) is 4.39. The lowest BCUT2D eigenvalue weighted by Crippen LogP contribution is -2.49. The smallest absolute Gasteiger partial charge is 0.322 e. The molecule has 5 nitrogen and oxygen atoms in total. The molecule has 1 aromatic heterocycles. The maximum absolute atomic E-state index is 14.2. The van der Waals surface area contributed by atoms with Crippen LogP contribution >= 0.6 is 11.3 Å². The van der Waals surface area contributed by atoms with Crippen LogP contribution in [0.1, 0.15) is 42.5 Å². The molecule has 1 aliphatic rings. The lowest BCUT2D eigenvalue weighted by atomic mass is 9.94. The maximum Gasteiger partial charge on any atom is 0.322 e. The molecule has 35 heavy (non-hydrogen) atoms. The van der Waals surface area contributed by atoms with E-state index in [0.29, 0.717) is 13.1 Å². The molecule has 0 aliphatic heterocycles. The lowest BCUT2D eigenvalue weighted by molar-refractivity contribution is -0.133. The Morgan fingerprint density at radius 3 is 2.34 bits per heavy atom. The number of thiophene rings is 1. The number of carbonyl (C=O) groups excluding carboxylic acids is 2. The van der Waals surface area contributed by atoms with Crippen molar-refractivity contribution in [2.45, 2.75) is 51.2 Å². The first-order valence-corrected chi connectivity index (χ1v) is 12.7. The van der Waals surface area contributed by atoms with Crippen molar-refractivity contribution >= 4 is 29.0 Å². The third-order valence-electron chi connectivity index (χ3n) is 6.26. The summed E-state index contributed by atoms with van der Waals surface area (Å²) in [5, 5.41) is 4.61. The van der Waals surface area contributed by atoms with E-state index in [2.05, 4.69) is 5.32 Å². The van der Waals surface area contributed by atoms with Gasteiger partial charge in [-0.05, 0) is 54.1 Å². The summed E-state index contributed by atoms with van der Waals surface area (Å²) in [6.45, 7) is 0.573. The first kappa shape index (κ1) is 24.9. The minimum Gasteiger partial charge on any atom is -0.332 e. The van der Waals surface area contributed by atoms with Gasteiger partial charge in [0.2, 0.25) is 5.91 Å². The molecule has 2 aromatic carbocycles. The van der Waals surface area contributed by atoms with Gasteiger partial charge in [-0.15, -0.1) is 11.3 Å². The second-order valence-corrected chi connectivity index (χ2v) is 9.82. The molecule has 1 aliphatic carbocycles. The van der Waals surface area contributed by atoms with Gasteiger partial charge in [-0.1, -0.05) is 49.6 Å². The molecule has 1 fully saturated rings. The Morgan fingerprint density at radius 2 is 1.66 bits per heavy atom. The number of benzene rings is 2. The second kappa shape index (κ2) is 11.9. The van der Waals surface area contributed by atoms with Crippen LogP contribution in [-0.4, -0.2) is 34.3 Å². The predicted molar refractivity (Wildman–Crippen MR) is 134 cm³/mol. The molecule has 184 valence electrons. The Bertz CT molecular complexity index is 1120. The van der Waals surface area contributed by atoms with Crippen molar-refractivity contribution in [3.05, 3.63) is 88.1 Å². The van der Waals surface area contributed by atoms with E-state index in [9.17, 15) is 18.4 Å². The summed E-state index contributed by atoms with van der Waals surface area (Å²) in [4.78, 5) is 31.1. The van der Waals surface area contributed by atoms with Gasteiger partial charge >= 0.3 is 6.03 Å². The highest BCUT2D eigenvalue weighted by Gasteiger charge is 2.29. The molecule has 0 saturated heterocycles. The normalized spacial score (nSPS) is 13.9. The van der Waals surface area contributed by atoms with Gasteiger partial charge in [-0.3, -0.25) is 4.79 Å². The highest BCUT2D eigenvalue weighted by atomic mass is 32.1. The van der Waals surface area contributed by atoms with Crippen LogP contribution in [0.15, 0.2) is 66.0 Å². The summed E-state index contributed by atoms with van der Waals surface area (Å²) < 4.78 is 27.6. The number of para-hydroxylation sites is 1. The number of nitrogens with one attached hydrogen (secondary N) is 1. The molecule has 8 heteroatoms. The first-order valence-electron chi connectivity index (χ1n) is 11.9. The summed E-state index contributed by atoms with van der Waals surface area (Å²) in [5.74, 6) is -1.07. The second-order valence-electron chi connectivity index (χ2n) is 8.79. The molecule has 0 atom stereocenters. The van der Waals surface area contributed by atoms with Crippen LogP contribution < -0.4 is 5.32 Å². The van der Waals surface area contributed by atoms with Crippen molar-refractivity contribution in [1.29, 1.82) is 0 Å². The number of halogens is 2. The number of rotatable bonds is 8. The van der Waals surface area contributed by atoms with Crippen molar-refractivity contribution in [3.63, 3.8) is 0 Å². The van der Waals surface area contributed by atoms with E-state index in [4.69, 9.17) is 0 Å². The third kappa shape index (κ3) is 6.88. The zero-order valence-electron chi connectivity index (χ0n) is 19.5. The van der Waals surface area contributed by atoms with Crippen LogP contribution in [0.2, 0.25) is 0 Å². The molecule has 1 heterocycles. The molecule has 3 amide bonds. The maximum atomic E-state index is 14.2. The summed E-state index contributed by atoms with van der Waals surface area (Å²) in [5.41, 5.74) is 0.892. The summed E-state index contributed by atoms with van der Waals surface area (Å²) in [6, 6.07) is 15.4. The van der Waals surface area contributed by atoms with Gasteiger partial charge in [-0.2, -0.15) is 0 Å². The van der Waals surface area contributed by atoms with Gasteiger partial charge in [0.1, 0.15) is 18.2 Å². The number of nitrogens with zero attached hydrogens (tertiary/aromatic N) is 2. The molecule has 4 rings (SSSR count).